The Labute approximate surface area is 199 Å². The molecule has 1 N–H and O–H groups in total. The molecular formula is C25H24F4N2O4. The van der Waals surface area contributed by atoms with Crippen molar-refractivity contribution in [2.24, 2.45) is 4.99 Å². The number of hydrogen-bond donors (Lipinski definition) is 1. The number of para-hydroxylation sites is 1. The second-order valence-electron chi connectivity index (χ2n) is 8.59. The lowest BCUT2D eigenvalue weighted by atomic mass is 9.74. The maximum Gasteiger partial charge on any atom is 0.422 e. The van der Waals surface area contributed by atoms with E-state index in [1.807, 2.05) is 0 Å². The quantitative estimate of drug-likeness (QED) is 0.266. The highest BCUT2D eigenvalue weighted by molar-refractivity contribution is 5.96. The number of methoxy groups -OCH3 is 2. The number of nitrogens with zero attached hydrogens (tertiary/aromatic N) is 2. The van der Waals surface area contributed by atoms with Crippen molar-refractivity contribution in [3.05, 3.63) is 65.6 Å². The number of carbonyl (C=O) groups excluding carboxylic acids is 1. The number of aromatic nitrogens is 1. The Morgan fingerprint density at radius 2 is 1.77 bits per heavy atom. The molecule has 0 aliphatic rings. The highest BCUT2D eigenvalue weighted by Crippen LogP contribution is 2.43. The Morgan fingerprint density at radius 1 is 1.09 bits per heavy atom. The van der Waals surface area contributed by atoms with E-state index in [0.717, 1.165) is 6.07 Å². The van der Waals surface area contributed by atoms with Gasteiger partial charge in [-0.2, -0.15) is 13.2 Å². The van der Waals surface area contributed by atoms with Crippen LogP contribution < -0.4 is 4.74 Å². The monoisotopic (exact) mass is 492 g/mol. The molecule has 1 heterocycles. The zero-order valence-corrected chi connectivity index (χ0v) is 19.5. The van der Waals surface area contributed by atoms with Gasteiger partial charge in [0.1, 0.15) is 5.69 Å². The van der Waals surface area contributed by atoms with Gasteiger partial charge in [-0.25, -0.2) is 14.2 Å². The summed E-state index contributed by atoms with van der Waals surface area (Å²) in [4.78, 5) is 19.8. The van der Waals surface area contributed by atoms with E-state index in [1.165, 1.54) is 64.5 Å². The first-order valence-electron chi connectivity index (χ1n) is 10.5. The topological polar surface area (TPSA) is 81.0 Å². The van der Waals surface area contributed by atoms with Crippen LogP contribution in [0.1, 0.15) is 36.3 Å². The first-order chi connectivity index (χ1) is 16.3. The van der Waals surface area contributed by atoms with Crippen LogP contribution in [0, 0.1) is 5.82 Å². The fourth-order valence-corrected chi connectivity index (χ4v) is 3.88. The predicted octanol–water partition coefficient (Wildman–Crippen LogP) is 5.53. The van der Waals surface area contributed by atoms with Crippen LogP contribution in [0.4, 0.5) is 23.2 Å². The zero-order valence-electron chi connectivity index (χ0n) is 19.5. The molecule has 0 aliphatic heterocycles. The number of halogens is 4. The lowest BCUT2D eigenvalue weighted by Gasteiger charge is -2.36. The zero-order chi connectivity index (χ0) is 26.0. The van der Waals surface area contributed by atoms with Crippen molar-refractivity contribution in [1.82, 2.24) is 4.98 Å². The third kappa shape index (κ3) is 5.27. The minimum absolute atomic E-state index is 0.0266. The average molecular weight is 492 g/mol. The van der Waals surface area contributed by atoms with Crippen molar-refractivity contribution in [3.8, 4) is 5.75 Å². The van der Waals surface area contributed by atoms with Crippen LogP contribution >= 0.6 is 0 Å². The third-order valence-corrected chi connectivity index (χ3v) is 5.62. The van der Waals surface area contributed by atoms with Gasteiger partial charge in [-0.1, -0.05) is 32.0 Å². The van der Waals surface area contributed by atoms with E-state index in [2.05, 4.69) is 14.7 Å². The summed E-state index contributed by atoms with van der Waals surface area (Å²) >= 11 is 0. The molecule has 0 aliphatic carbocycles. The molecule has 1 unspecified atom stereocenters. The van der Waals surface area contributed by atoms with Crippen LogP contribution in [-0.4, -0.2) is 48.3 Å². The molecule has 6 nitrogen and oxygen atoms in total. The van der Waals surface area contributed by atoms with Gasteiger partial charge in [-0.15, -0.1) is 0 Å². The molecular weight excluding hydrogens is 468 g/mol. The first-order valence-corrected chi connectivity index (χ1v) is 10.5. The van der Waals surface area contributed by atoms with E-state index in [-0.39, 0.29) is 22.7 Å². The maximum absolute atomic E-state index is 14.2. The number of fused-ring (bicyclic) bond motifs is 1. The SMILES string of the molecule is COC(=O)c1ccc2c(N=CC(O)(CC(C)(C)c3cccc(F)c3OC)C(F)(F)F)cccc2n1. The summed E-state index contributed by atoms with van der Waals surface area (Å²) in [5.74, 6) is -1.58. The molecule has 0 amide bonds. The summed E-state index contributed by atoms with van der Waals surface area (Å²) in [6.07, 6.45) is -5.51. The molecule has 1 aromatic heterocycles. The van der Waals surface area contributed by atoms with Gasteiger partial charge in [0, 0.05) is 17.2 Å². The van der Waals surface area contributed by atoms with Gasteiger partial charge in [0.15, 0.2) is 17.2 Å². The summed E-state index contributed by atoms with van der Waals surface area (Å²) in [6.45, 7) is 2.90. The van der Waals surface area contributed by atoms with E-state index in [1.54, 1.807) is 6.07 Å². The second-order valence-corrected chi connectivity index (χ2v) is 8.59. The van der Waals surface area contributed by atoms with Gasteiger partial charge in [-0.3, -0.25) is 4.99 Å². The molecule has 0 saturated carbocycles. The van der Waals surface area contributed by atoms with E-state index < -0.39 is 35.4 Å². The Kier molecular flexibility index (Phi) is 7.16. The number of rotatable bonds is 7. The van der Waals surface area contributed by atoms with Crippen LogP contribution in [0.15, 0.2) is 53.5 Å². The number of carbonyl (C=O) groups is 1. The first kappa shape index (κ1) is 26.1. The lowest BCUT2D eigenvalue weighted by Crippen LogP contribution is -2.50. The van der Waals surface area contributed by atoms with Crippen molar-refractivity contribution in [3.63, 3.8) is 0 Å². The molecule has 0 fully saturated rings. The molecule has 3 aromatic rings. The number of pyridine rings is 1. The third-order valence-electron chi connectivity index (χ3n) is 5.62. The van der Waals surface area contributed by atoms with E-state index in [4.69, 9.17) is 4.74 Å². The van der Waals surface area contributed by atoms with Crippen LogP contribution in [0.2, 0.25) is 0 Å². The largest absolute Gasteiger partial charge is 0.493 e. The molecule has 3 rings (SSSR count). The highest BCUT2D eigenvalue weighted by atomic mass is 19.4. The number of ether oxygens (including phenoxy) is 2. The number of aliphatic hydroxyl groups is 1. The van der Waals surface area contributed by atoms with Crippen molar-refractivity contribution in [1.29, 1.82) is 0 Å². The number of aliphatic imine (C=N–C) groups is 1. The summed E-state index contributed by atoms with van der Waals surface area (Å²) < 4.78 is 66.2. The Hall–Kier alpha value is -3.53. The van der Waals surface area contributed by atoms with Crippen LogP contribution in [0.5, 0.6) is 5.75 Å². The van der Waals surface area contributed by atoms with Crippen LogP contribution in [0.3, 0.4) is 0 Å². The van der Waals surface area contributed by atoms with Gasteiger partial charge in [0.05, 0.1) is 25.4 Å². The minimum atomic E-state index is -5.09. The molecule has 0 radical (unpaired) electrons. The second kappa shape index (κ2) is 9.61. The van der Waals surface area contributed by atoms with Gasteiger partial charge in [-0.05, 0) is 42.2 Å². The molecule has 10 heteroatoms. The predicted molar refractivity (Wildman–Crippen MR) is 123 cm³/mol. The lowest BCUT2D eigenvalue weighted by molar-refractivity contribution is -0.234. The highest BCUT2D eigenvalue weighted by Gasteiger charge is 2.55. The molecule has 0 spiro atoms. The number of esters is 1. The van der Waals surface area contributed by atoms with E-state index >= 15 is 0 Å². The Bertz CT molecular complexity index is 1270. The van der Waals surface area contributed by atoms with Crippen LogP contribution in [-0.2, 0) is 10.2 Å². The summed E-state index contributed by atoms with van der Waals surface area (Å²) in [7, 11) is 2.42. The van der Waals surface area contributed by atoms with Crippen LogP contribution in [0.25, 0.3) is 10.9 Å². The normalized spacial score (nSPS) is 14.2. The fraction of sp³-hybridized carbons (Fsp3) is 0.320. The van der Waals surface area contributed by atoms with E-state index in [9.17, 15) is 27.5 Å². The Balaban J connectivity index is 2.03. The maximum atomic E-state index is 14.2. The van der Waals surface area contributed by atoms with Crippen molar-refractivity contribution < 1.29 is 36.9 Å². The standard InChI is InChI=1S/C25H24F4N2O4/c1-23(2,16-7-5-8-17(26)21(16)34-3)13-24(33,25(27,28)29)14-30-18-9-6-10-19-15(18)11-12-20(31-19)22(32)35-4/h5-12,14,33H,13H2,1-4H3. The molecule has 0 bridgehead atoms. The van der Waals surface area contributed by atoms with Gasteiger partial charge in [0.2, 0.25) is 0 Å². The molecule has 2 aromatic carbocycles. The van der Waals surface area contributed by atoms with Crippen molar-refractivity contribution in [2.75, 3.05) is 14.2 Å². The van der Waals surface area contributed by atoms with Crippen molar-refractivity contribution >= 4 is 28.8 Å². The fourth-order valence-electron chi connectivity index (χ4n) is 3.88. The molecule has 0 saturated heterocycles. The number of alkyl halides is 3. The van der Waals surface area contributed by atoms with Gasteiger partial charge in [0.25, 0.3) is 0 Å². The van der Waals surface area contributed by atoms with E-state index in [0.29, 0.717) is 17.1 Å². The molecule has 186 valence electrons. The number of hydrogen-bond acceptors (Lipinski definition) is 6. The van der Waals surface area contributed by atoms with Gasteiger partial charge >= 0.3 is 12.1 Å². The smallest absolute Gasteiger partial charge is 0.422 e. The summed E-state index contributed by atoms with van der Waals surface area (Å²) in [5, 5.41) is 11.1. The summed E-state index contributed by atoms with van der Waals surface area (Å²) in [6, 6.07) is 11.3. The van der Waals surface area contributed by atoms with Gasteiger partial charge < -0.3 is 14.6 Å². The molecule has 1 atom stereocenters. The van der Waals surface area contributed by atoms with Crippen molar-refractivity contribution in [2.45, 2.75) is 37.5 Å². The summed E-state index contributed by atoms with van der Waals surface area (Å²) in [5.41, 5.74) is -4.10. The molecule has 35 heavy (non-hydrogen) atoms. The number of benzene rings is 2. The Morgan fingerprint density at radius 3 is 2.40 bits per heavy atom. The average Bonchev–Trinajstić information content (AvgIpc) is 2.80. The minimum Gasteiger partial charge on any atom is -0.493 e.